The van der Waals surface area contributed by atoms with Crippen LogP contribution >= 0.6 is 11.6 Å². The summed E-state index contributed by atoms with van der Waals surface area (Å²) in [7, 11) is 2.13. The molecule has 2 aromatic rings. The highest BCUT2D eigenvalue weighted by Gasteiger charge is 2.25. The lowest BCUT2D eigenvalue weighted by Gasteiger charge is -2.23. The van der Waals surface area contributed by atoms with Gasteiger partial charge in [-0.1, -0.05) is 17.7 Å². The average molecular weight is 249 g/mol. The fourth-order valence-corrected chi connectivity index (χ4v) is 3.35. The number of benzene rings is 1. The van der Waals surface area contributed by atoms with E-state index in [1.807, 2.05) is 6.07 Å². The first kappa shape index (κ1) is 11.1. The first-order valence-corrected chi connectivity index (χ1v) is 6.57. The van der Waals surface area contributed by atoms with Gasteiger partial charge in [0.25, 0.3) is 0 Å². The summed E-state index contributed by atoms with van der Waals surface area (Å²) in [6.07, 6.45) is 3.63. The van der Waals surface area contributed by atoms with Crippen molar-refractivity contribution in [1.29, 1.82) is 0 Å². The van der Waals surface area contributed by atoms with Crippen LogP contribution in [0.4, 0.5) is 0 Å². The second kappa shape index (κ2) is 4.04. The Morgan fingerprint density at radius 2 is 2.29 bits per heavy atom. The van der Waals surface area contributed by atoms with Gasteiger partial charge in [-0.2, -0.15) is 0 Å². The fourth-order valence-electron chi connectivity index (χ4n) is 3.18. The van der Waals surface area contributed by atoms with Crippen LogP contribution in [0.15, 0.2) is 18.2 Å². The van der Waals surface area contributed by atoms with E-state index in [1.54, 1.807) is 0 Å². The highest BCUT2D eigenvalue weighted by molar-refractivity contribution is 6.31. The van der Waals surface area contributed by atoms with Crippen LogP contribution in [-0.2, 0) is 13.5 Å². The number of rotatable bonds is 1. The summed E-state index contributed by atoms with van der Waals surface area (Å²) >= 11 is 6.09. The van der Waals surface area contributed by atoms with E-state index >= 15 is 0 Å². The average Bonchev–Trinajstić information content (AvgIpc) is 2.63. The van der Waals surface area contributed by atoms with E-state index in [4.69, 9.17) is 17.3 Å². The minimum Gasteiger partial charge on any atom is -0.347 e. The summed E-state index contributed by atoms with van der Waals surface area (Å²) < 4.78 is 2.28. The van der Waals surface area contributed by atoms with E-state index in [0.717, 1.165) is 11.6 Å². The van der Waals surface area contributed by atoms with Gasteiger partial charge in [0, 0.05) is 41.1 Å². The van der Waals surface area contributed by atoms with Gasteiger partial charge >= 0.3 is 0 Å². The normalized spacial score (nSPS) is 19.6. The maximum atomic E-state index is 6.09. The second-order valence-corrected chi connectivity index (χ2v) is 5.35. The molecule has 1 aromatic heterocycles. The van der Waals surface area contributed by atoms with E-state index < -0.39 is 0 Å². The molecule has 3 rings (SSSR count). The van der Waals surface area contributed by atoms with Crippen molar-refractivity contribution in [2.45, 2.75) is 25.2 Å². The molecule has 2 nitrogen and oxygen atoms in total. The number of halogens is 1. The van der Waals surface area contributed by atoms with Crippen LogP contribution in [0, 0.1) is 0 Å². The lowest BCUT2D eigenvalue weighted by molar-refractivity contribution is 0.534. The molecule has 90 valence electrons. The molecule has 1 aliphatic rings. The Balaban J connectivity index is 2.33. The van der Waals surface area contributed by atoms with Crippen LogP contribution in [0.5, 0.6) is 0 Å². The Morgan fingerprint density at radius 1 is 1.47 bits per heavy atom. The van der Waals surface area contributed by atoms with Crippen molar-refractivity contribution in [3.63, 3.8) is 0 Å². The summed E-state index contributed by atoms with van der Waals surface area (Å²) in [6, 6.07) is 6.19. The molecule has 0 saturated heterocycles. The van der Waals surface area contributed by atoms with Crippen molar-refractivity contribution in [3.8, 4) is 0 Å². The summed E-state index contributed by atoms with van der Waals surface area (Å²) in [6.45, 7) is 0.741. The van der Waals surface area contributed by atoms with E-state index in [0.29, 0.717) is 5.92 Å². The molecule has 2 N–H and O–H groups in total. The quantitative estimate of drug-likeness (QED) is 0.826. The maximum Gasteiger partial charge on any atom is 0.0497 e. The highest BCUT2D eigenvalue weighted by atomic mass is 35.5. The number of fused-ring (bicyclic) bond motifs is 3. The molecular formula is C14H17ClN2. The number of hydrogen-bond acceptors (Lipinski definition) is 1. The zero-order valence-corrected chi connectivity index (χ0v) is 10.8. The fraction of sp³-hybridized carbons (Fsp3) is 0.429. The van der Waals surface area contributed by atoms with Crippen molar-refractivity contribution in [3.05, 3.63) is 34.5 Å². The van der Waals surface area contributed by atoms with E-state index in [9.17, 15) is 0 Å². The maximum absolute atomic E-state index is 6.09. The summed E-state index contributed by atoms with van der Waals surface area (Å²) in [4.78, 5) is 0. The van der Waals surface area contributed by atoms with Gasteiger partial charge in [0.2, 0.25) is 0 Å². The van der Waals surface area contributed by atoms with Crippen LogP contribution in [0.25, 0.3) is 10.9 Å². The van der Waals surface area contributed by atoms with Gasteiger partial charge in [0.15, 0.2) is 0 Å². The molecule has 1 aromatic carbocycles. The largest absolute Gasteiger partial charge is 0.347 e. The predicted molar refractivity (Wildman–Crippen MR) is 72.7 cm³/mol. The molecule has 1 atom stereocenters. The molecule has 1 unspecified atom stereocenters. The minimum absolute atomic E-state index is 0.509. The van der Waals surface area contributed by atoms with Gasteiger partial charge in [-0.15, -0.1) is 0 Å². The Labute approximate surface area is 106 Å². The van der Waals surface area contributed by atoms with Crippen molar-refractivity contribution in [1.82, 2.24) is 4.57 Å². The zero-order valence-electron chi connectivity index (χ0n) is 10.0. The van der Waals surface area contributed by atoms with Gasteiger partial charge in [-0.05, 0) is 37.0 Å². The molecular weight excluding hydrogens is 232 g/mol. The molecule has 3 heteroatoms. The number of aryl methyl sites for hydroxylation is 2. The van der Waals surface area contributed by atoms with Crippen molar-refractivity contribution in [2.75, 3.05) is 6.54 Å². The third kappa shape index (κ3) is 1.59. The van der Waals surface area contributed by atoms with E-state index in [1.165, 1.54) is 41.4 Å². The van der Waals surface area contributed by atoms with Gasteiger partial charge < -0.3 is 10.3 Å². The molecule has 0 saturated carbocycles. The number of nitrogens with two attached hydrogens (primary N) is 1. The van der Waals surface area contributed by atoms with Crippen LogP contribution in [0.3, 0.4) is 0 Å². The third-order valence-electron chi connectivity index (χ3n) is 3.97. The summed E-state index contributed by atoms with van der Waals surface area (Å²) in [5.74, 6) is 0.509. The summed E-state index contributed by atoms with van der Waals surface area (Å²) in [5.41, 5.74) is 10.1. The molecule has 0 bridgehead atoms. The van der Waals surface area contributed by atoms with Crippen molar-refractivity contribution in [2.24, 2.45) is 12.8 Å². The van der Waals surface area contributed by atoms with E-state index in [2.05, 4.69) is 23.7 Å². The monoisotopic (exact) mass is 248 g/mol. The SMILES string of the molecule is Cn1c2c(c3ccc(Cl)cc31)CCCC2CN. The third-order valence-corrected chi connectivity index (χ3v) is 4.20. The molecule has 1 heterocycles. The van der Waals surface area contributed by atoms with E-state index in [-0.39, 0.29) is 0 Å². The lowest BCUT2D eigenvalue weighted by atomic mass is 9.87. The van der Waals surface area contributed by atoms with Gasteiger partial charge in [-0.25, -0.2) is 0 Å². The molecule has 0 amide bonds. The van der Waals surface area contributed by atoms with Crippen LogP contribution in [0.1, 0.15) is 30.0 Å². The number of nitrogens with zero attached hydrogens (tertiary/aromatic N) is 1. The molecule has 0 spiro atoms. The van der Waals surface area contributed by atoms with Crippen LogP contribution < -0.4 is 5.73 Å². The number of aromatic nitrogens is 1. The topological polar surface area (TPSA) is 30.9 Å². The predicted octanol–water partition coefficient (Wildman–Crippen LogP) is 3.21. The Morgan fingerprint density at radius 3 is 3.06 bits per heavy atom. The van der Waals surface area contributed by atoms with Gasteiger partial charge in [-0.3, -0.25) is 0 Å². The van der Waals surface area contributed by atoms with Crippen LogP contribution in [0.2, 0.25) is 5.02 Å². The van der Waals surface area contributed by atoms with Gasteiger partial charge in [0.05, 0.1) is 0 Å². The zero-order chi connectivity index (χ0) is 12.0. The van der Waals surface area contributed by atoms with Gasteiger partial charge in [0.1, 0.15) is 0 Å². The minimum atomic E-state index is 0.509. The smallest absolute Gasteiger partial charge is 0.0497 e. The van der Waals surface area contributed by atoms with Crippen molar-refractivity contribution >= 4 is 22.5 Å². The highest BCUT2D eigenvalue weighted by Crippen LogP contribution is 2.38. The Hall–Kier alpha value is -0.990. The lowest BCUT2D eigenvalue weighted by Crippen LogP contribution is -2.20. The molecule has 0 aliphatic heterocycles. The van der Waals surface area contributed by atoms with Crippen LogP contribution in [-0.4, -0.2) is 11.1 Å². The molecule has 1 aliphatic carbocycles. The molecule has 0 fully saturated rings. The molecule has 0 radical (unpaired) electrons. The summed E-state index contributed by atoms with van der Waals surface area (Å²) in [5, 5.41) is 2.16. The number of hydrogen-bond donors (Lipinski definition) is 1. The standard InChI is InChI=1S/C14H17ClN2/c1-17-13-7-10(15)5-6-11(13)12-4-2-3-9(8-16)14(12)17/h5-7,9H,2-4,8,16H2,1H3. The first-order valence-electron chi connectivity index (χ1n) is 6.19. The Bertz CT molecular complexity index is 571. The first-order chi connectivity index (χ1) is 8.22. The Kier molecular flexibility index (Phi) is 2.64. The molecule has 17 heavy (non-hydrogen) atoms. The van der Waals surface area contributed by atoms with Crippen molar-refractivity contribution < 1.29 is 0 Å². The second-order valence-electron chi connectivity index (χ2n) is 4.91.